The Hall–Kier alpha value is -2.99. The van der Waals surface area contributed by atoms with Crippen molar-refractivity contribution < 1.29 is 18.3 Å². The molecule has 0 aliphatic carbocycles. The van der Waals surface area contributed by atoms with E-state index in [1.807, 2.05) is 18.7 Å². The molecule has 0 unspecified atom stereocenters. The molecule has 4 rings (SSSR count). The second-order valence-corrected chi connectivity index (χ2v) is 11.0. The molecule has 3 aromatic rings. The highest BCUT2D eigenvalue weighted by Crippen LogP contribution is 2.32. The molecule has 1 fully saturated rings. The van der Waals surface area contributed by atoms with Crippen LogP contribution < -0.4 is 10.3 Å². The highest BCUT2D eigenvalue weighted by molar-refractivity contribution is 7.89. The quantitative estimate of drug-likeness (QED) is 0.413. The number of aliphatic hydroxyl groups is 1. The van der Waals surface area contributed by atoms with Gasteiger partial charge in [0.2, 0.25) is 10.0 Å². The van der Waals surface area contributed by atoms with Crippen molar-refractivity contribution in [3.05, 3.63) is 52.0 Å². The fourth-order valence-electron chi connectivity index (χ4n) is 4.91. The lowest BCUT2D eigenvalue weighted by Crippen LogP contribution is -2.49. The molecule has 0 radical (unpaired) electrons. The number of aryl methyl sites for hydroxylation is 2. The normalized spacial score (nSPS) is 15.4. The minimum absolute atomic E-state index is 0.0414. The number of nitrogens with zero attached hydrogens (tertiary/aromatic N) is 4. The largest absolute Gasteiger partial charge is 0.493 e. The second-order valence-electron chi connectivity index (χ2n) is 9.06. The van der Waals surface area contributed by atoms with Gasteiger partial charge < -0.3 is 14.8 Å². The van der Waals surface area contributed by atoms with Gasteiger partial charge in [0.05, 0.1) is 29.4 Å². The van der Waals surface area contributed by atoms with Gasteiger partial charge in [-0.15, -0.1) is 5.10 Å². The first kappa shape index (κ1) is 27.1. The SMILES string of the molecule is C=Cc1c(C)c2c(=O)[nH]c(-c3cc(S(=O)(=O)N4CCN(CCO)CC4)ccc3OCC)nn2c1CCC. The zero-order valence-electron chi connectivity index (χ0n) is 21.7. The third kappa shape index (κ3) is 5.08. The summed E-state index contributed by atoms with van der Waals surface area (Å²) in [6.07, 6.45) is 3.31. The van der Waals surface area contributed by atoms with Crippen molar-refractivity contribution in [3.8, 4) is 17.1 Å². The topological polar surface area (TPSA) is 120 Å². The van der Waals surface area contributed by atoms with Crippen LogP contribution in [-0.4, -0.2) is 83.3 Å². The van der Waals surface area contributed by atoms with Crippen LogP contribution in [0.15, 0.2) is 34.5 Å². The lowest BCUT2D eigenvalue weighted by Gasteiger charge is -2.33. The molecule has 1 saturated heterocycles. The van der Waals surface area contributed by atoms with Gasteiger partial charge in [0.1, 0.15) is 11.3 Å². The zero-order chi connectivity index (χ0) is 26.7. The third-order valence-electron chi connectivity index (χ3n) is 6.77. The van der Waals surface area contributed by atoms with Crippen LogP contribution in [-0.2, 0) is 16.4 Å². The first-order valence-electron chi connectivity index (χ1n) is 12.6. The average Bonchev–Trinajstić information content (AvgIpc) is 3.16. The van der Waals surface area contributed by atoms with Crippen LogP contribution in [0, 0.1) is 6.92 Å². The Balaban J connectivity index is 1.82. The Morgan fingerprint density at radius 1 is 1.22 bits per heavy atom. The summed E-state index contributed by atoms with van der Waals surface area (Å²) in [5.74, 6) is 0.662. The lowest BCUT2D eigenvalue weighted by atomic mass is 10.1. The molecule has 0 spiro atoms. The molecule has 1 aromatic carbocycles. The molecular formula is C26H35N5O5S. The molecule has 0 bridgehead atoms. The molecule has 37 heavy (non-hydrogen) atoms. The molecule has 1 aliphatic rings. The van der Waals surface area contributed by atoms with Crippen molar-refractivity contribution in [2.45, 2.75) is 38.5 Å². The summed E-state index contributed by atoms with van der Waals surface area (Å²) in [6, 6.07) is 4.66. The highest BCUT2D eigenvalue weighted by Gasteiger charge is 2.29. The fraction of sp³-hybridized carbons (Fsp3) is 0.462. The van der Waals surface area contributed by atoms with Crippen LogP contribution in [0.2, 0.25) is 0 Å². The summed E-state index contributed by atoms with van der Waals surface area (Å²) < 4.78 is 35.9. The van der Waals surface area contributed by atoms with E-state index in [1.165, 1.54) is 16.4 Å². The van der Waals surface area contributed by atoms with Gasteiger partial charge in [-0.05, 0) is 44.0 Å². The van der Waals surface area contributed by atoms with E-state index in [1.54, 1.807) is 16.7 Å². The Morgan fingerprint density at radius 3 is 2.57 bits per heavy atom. The second kappa shape index (κ2) is 11.2. The molecule has 1 aliphatic heterocycles. The number of fused-ring (bicyclic) bond motifs is 1. The van der Waals surface area contributed by atoms with E-state index in [0.29, 0.717) is 62.6 Å². The van der Waals surface area contributed by atoms with Crippen molar-refractivity contribution in [3.63, 3.8) is 0 Å². The van der Waals surface area contributed by atoms with E-state index in [0.717, 1.165) is 23.2 Å². The molecule has 11 heteroatoms. The van der Waals surface area contributed by atoms with E-state index in [-0.39, 0.29) is 22.9 Å². The minimum atomic E-state index is -3.79. The summed E-state index contributed by atoms with van der Waals surface area (Å²) in [6.45, 7) is 12.4. The number of piperazine rings is 1. The summed E-state index contributed by atoms with van der Waals surface area (Å²) in [5, 5.41) is 13.9. The molecule has 2 aromatic heterocycles. The number of ether oxygens (including phenoxy) is 1. The minimum Gasteiger partial charge on any atom is -0.493 e. The van der Waals surface area contributed by atoms with Gasteiger partial charge >= 0.3 is 0 Å². The molecule has 0 saturated carbocycles. The molecule has 10 nitrogen and oxygen atoms in total. The van der Waals surface area contributed by atoms with Gasteiger partial charge in [-0.2, -0.15) is 4.31 Å². The van der Waals surface area contributed by atoms with Gasteiger partial charge in [-0.25, -0.2) is 12.9 Å². The van der Waals surface area contributed by atoms with Crippen LogP contribution >= 0.6 is 0 Å². The smallest absolute Gasteiger partial charge is 0.275 e. The van der Waals surface area contributed by atoms with Gasteiger partial charge in [0.15, 0.2) is 5.82 Å². The third-order valence-corrected chi connectivity index (χ3v) is 8.66. The lowest BCUT2D eigenvalue weighted by molar-refractivity contribution is 0.151. The Kier molecular flexibility index (Phi) is 8.17. The van der Waals surface area contributed by atoms with E-state index in [9.17, 15) is 18.3 Å². The molecular weight excluding hydrogens is 494 g/mol. The summed E-state index contributed by atoms with van der Waals surface area (Å²) >= 11 is 0. The number of hydrogen-bond donors (Lipinski definition) is 2. The Labute approximate surface area is 217 Å². The van der Waals surface area contributed by atoms with Crippen LogP contribution in [0.3, 0.4) is 0 Å². The van der Waals surface area contributed by atoms with E-state index in [4.69, 9.17) is 9.84 Å². The van der Waals surface area contributed by atoms with Gasteiger partial charge in [0.25, 0.3) is 5.56 Å². The maximum Gasteiger partial charge on any atom is 0.275 e. The molecule has 3 heterocycles. The number of benzene rings is 1. The van der Waals surface area contributed by atoms with Gasteiger partial charge in [-0.3, -0.25) is 9.69 Å². The number of aromatic nitrogens is 3. The van der Waals surface area contributed by atoms with E-state index in [2.05, 4.69) is 18.5 Å². The standard InChI is InChI=1S/C26H35N5O5S/c1-5-8-22-20(6-2)18(4)24-26(33)27-25(28-31(22)24)21-17-19(9-10-23(21)36-7-3)37(34,35)30-13-11-29(12-14-30)15-16-32/h6,9-10,17,32H,2,5,7-8,11-16H2,1,3-4H3,(H,27,28,33). The number of rotatable bonds is 10. The van der Waals surface area contributed by atoms with Crippen LogP contribution in [0.5, 0.6) is 5.75 Å². The molecule has 2 N–H and O–H groups in total. The summed E-state index contributed by atoms with van der Waals surface area (Å²) in [5.41, 5.74) is 3.11. The maximum atomic E-state index is 13.5. The number of hydrogen-bond acceptors (Lipinski definition) is 7. The van der Waals surface area contributed by atoms with Crippen LogP contribution in [0.1, 0.15) is 37.1 Å². The van der Waals surface area contributed by atoms with Crippen molar-refractivity contribution in [1.82, 2.24) is 23.8 Å². The van der Waals surface area contributed by atoms with Gasteiger partial charge in [-0.1, -0.05) is 26.0 Å². The monoisotopic (exact) mass is 529 g/mol. The number of nitrogens with one attached hydrogen (secondary N) is 1. The highest BCUT2D eigenvalue weighted by atomic mass is 32.2. The average molecular weight is 530 g/mol. The number of aromatic amines is 1. The first-order valence-corrected chi connectivity index (χ1v) is 14.1. The fourth-order valence-corrected chi connectivity index (χ4v) is 6.36. The number of H-pyrrole nitrogens is 1. The summed E-state index contributed by atoms with van der Waals surface area (Å²) in [7, 11) is -3.79. The Morgan fingerprint density at radius 2 is 1.95 bits per heavy atom. The first-order chi connectivity index (χ1) is 17.8. The van der Waals surface area contributed by atoms with E-state index < -0.39 is 10.0 Å². The van der Waals surface area contributed by atoms with Crippen molar-refractivity contribution in [2.75, 3.05) is 45.9 Å². The molecule has 0 atom stereocenters. The van der Waals surface area contributed by atoms with Crippen LogP contribution in [0.25, 0.3) is 23.0 Å². The van der Waals surface area contributed by atoms with Crippen molar-refractivity contribution >= 4 is 21.6 Å². The predicted molar refractivity (Wildman–Crippen MR) is 144 cm³/mol. The maximum absolute atomic E-state index is 13.5. The number of aliphatic hydroxyl groups excluding tert-OH is 1. The summed E-state index contributed by atoms with van der Waals surface area (Å²) in [4.78, 5) is 18.2. The molecule has 0 amide bonds. The zero-order valence-corrected chi connectivity index (χ0v) is 22.5. The number of sulfonamides is 1. The number of β-amino-alcohol motifs (C(OH)–C–C–N with tert-alkyl or cyclic N) is 1. The van der Waals surface area contributed by atoms with Gasteiger partial charge in [0, 0.05) is 38.3 Å². The van der Waals surface area contributed by atoms with Crippen LogP contribution in [0.4, 0.5) is 0 Å². The molecule has 200 valence electrons. The Bertz CT molecular complexity index is 1450. The van der Waals surface area contributed by atoms with E-state index >= 15 is 0 Å². The van der Waals surface area contributed by atoms with Crippen molar-refractivity contribution in [2.24, 2.45) is 0 Å². The predicted octanol–water partition coefficient (Wildman–Crippen LogP) is 2.29. The van der Waals surface area contributed by atoms with Crippen molar-refractivity contribution in [1.29, 1.82) is 0 Å².